The molecule has 0 aliphatic carbocycles. The van der Waals surface area contributed by atoms with Gasteiger partial charge in [0.1, 0.15) is 10.7 Å². The minimum absolute atomic E-state index is 0.192. The molecule has 1 aliphatic heterocycles. The molecule has 1 aliphatic rings. The number of rotatable bonds is 5. The maximum atomic E-state index is 13.3. The Morgan fingerprint density at radius 3 is 2.85 bits per heavy atom. The second-order valence-corrected chi connectivity index (χ2v) is 6.98. The summed E-state index contributed by atoms with van der Waals surface area (Å²) in [5.74, 6) is 0.621. The van der Waals surface area contributed by atoms with E-state index >= 15 is 0 Å². The van der Waals surface area contributed by atoms with E-state index in [-0.39, 0.29) is 29.9 Å². The molecule has 0 saturated heterocycles. The summed E-state index contributed by atoms with van der Waals surface area (Å²) in [4.78, 5) is 24.5. The van der Waals surface area contributed by atoms with Crippen LogP contribution in [0, 0.1) is 5.82 Å². The second-order valence-electron chi connectivity index (χ2n) is 5.99. The van der Waals surface area contributed by atoms with E-state index in [9.17, 15) is 14.0 Å². The van der Waals surface area contributed by atoms with Crippen LogP contribution < -0.4 is 19.7 Å². The Kier molecular flexibility index (Phi) is 4.64. The van der Waals surface area contributed by atoms with Crippen LogP contribution in [0.25, 0.3) is 0 Å². The number of carbonyl (C=O) groups excluding carboxylic acids is 1. The van der Waals surface area contributed by atoms with Crippen LogP contribution in [0.1, 0.15) is 20.8 Å². The fourth-order valence-corrected chi connectivity index (χ4v) is 3.51. The van der Waals surface area contributed by atoms with E-state index in [0.717, 1.165) is 16.9 Å². The Balaban J connectivity index is 1.42. The summed E-state index contributed by atoms with van der Waals surface area (Å²) >= 11 is 0.858. The first-order chi connectivity index (χ1) is 13.1. The molecule has 0 atom stereocenters. The quantitative estimate of drug-likeness (QED) is 0.732. The van der Waals surface area contributed by atoms with E-state index in [0.29, 0.717) is 28.5 Å². The summed E-state index contributed by atoms with van der Waals surface area (Å²) in [5.41, 5.74) is 1.52. The molecule has 138 valence electrons. The fourth-order valence-electron chi connectivity index (χ4n) is 2.74. The van der Waals surface area contributed by atoms with Crippen LogP contribution in [-0.2, 0) is 13.1 Å². The van der Waals surface area contributed by atoms with Crippen LogP contribution in [0.3, 0.4) is 0 Å². The molecule has 0 radical (unpaired) electrons. The highest BCUT2D eigenvalue weighted by atomic mass is 32.1. The normalized spacial score (nSPS) is 12.2. The Hall–Kier alpha value is -3.13. The predicted molar refractivity (Wildman–Crippen MR) is 97.8 cm³/mol. The van der Waals surface area contributed by atoms with Gasteiger partial charge in [-0.05, 0) is 35.4 Å². The van der Waals surface area contributed by atoms with Gasteiger partial charge in [0.15, 0.2) is 11.5 Å². The van der Waals surface area contributed by atoms with Gasteiger partial charge in [-0.1, -0.05) is 29.5 Å². The van der Waals surface area contributed by atoms with E-state index in [1.807, 2.05) is 6.07 Å². The highest BCUT2D eigenvalue weighted by Gasteiger charge is 2.15. The molecule has 0 spiro atoms. The van der Waals surface area contributed by atoms with E-state index in [1.54, 1.807) is 24.3 Å². The number of nitrogens with zero attached hydrogens (tertiary/aromatic N) is 1. The average molecular weight is 386 g/mol. The van der Waals surface area contributed by atoms with Gasteiger partial charge in [-0.2, -0.15) is 0 Å². The Morgan fingerprint density at radius 1 is 1.15 bits per heavy atom. The predicted octanol–water partition coefficient (Wildman–Crippen LogP) is 2.76. The van der Waals surface area contributed by atoms with Crippen LogP contribution >= 0.6 is 11.3 Å². The molecule has 27 heavy (non-hydrogen) atoms. The van der Waals surface area contributed by atoms with Gasteiger partial charge in [0.05, 0.1) is 6.54 Å². The fraction of sp³-hybridized carbons (Fsp3) is 0.158. The number of nitrogens with one attached hydrogen (secondary N) is 1. The van der Waals surface area contributed by atoms with Gasteiger partial charge >= 0.3 is 4.87 Å². The molecule has 0 unspecified atom stereocenters. The number of hydrogen-bond acceptors (Lipinski definition) is 5. The molecule has 0 bridgehead atoms. The van der Waals surface area contributed by atoms with Crippen molar-refractivity contribution in [2.45, 2.75) is 13.1 Å². The number of aromatic nitrogens is 1. The summed E-state index contributed by atoms with van der Waals surface area (Å²) < 4.78 is 25.2. The van der Waals surface area contributed by atoms with Crippen LogP contribution in [0.5, 0.6) is 11.5 Å². The monoisotopic (exact) mass is 386 g/mol. The van der Waals surface area contributed by atoms with Gasteiger partial charge in [-0.3, -0.25) is 9.59 Å². The Bertz CT molecular complexity index is 1060. The lowest BCUT2D eigenvalue weighted by molar-refractivity contribution is 0.0954. The lowest BCUT2D eigenvalue weighted by Gasteiger charge is -2.05. The van der Waals surface area contributed by atoms with Crippen molar-refractivity contribution in [2.24, 2.45) is 0 Å². The molecule has 2 heterocycles. The molecule has 1 N–H and O–H groups in total. The van der Waals surface area contributed by atoms with Gasteiger partial charge in [0, 0.05) is 12.7 Å². The average Bonchev–Trinajstić information content (AvgIpc) is 3.26. The lowest BCUT2D eigenvalue weighted by atomic mass is 10.2. The Morgan fingerprint density at radius 2 is 2.00 bits per heavy atom. The maximum absolute atomic E-state index is 13.3. The van der Waals surface area contributed by atoms with Gasteiger partial charge in [0.2, 0.25) is 6.79 Å². The molecule has 1 aromatic heterocycles. The summed E-state index contributed by atoms with van der Waals surface area (Å²) in [6.07, 6.45) is 1.49. The molecule has 1 amide bonds. The maximum Gasteiger partial charge on any atom is 0.308 e. The van der Waals surface area contributed by atoms with Crippen molar-refractivity contribution in [1.29, 1.82) is 0 Å². The summed E-state index contributed by atoms with van der Waals surface area (Å²) in [7, 11) is 0. The molecule has 0 fully saturated rings. The first kappa shape index (κ1) is 17.3. The van der Waals surface area contributed by atoms with Gasteiger partial charge in [-0.15, -0.1) is 0 Å². The molecule has 2 aromatic carbocycles. The van der Waals surface area contributed by atoms with E-state index in [1.165, 1.54) is 22.9 Å². The van der Waals surface area contributed by atoms with Crippen LogP contribution in [0.2, 0.25) is 0 Å². The topological polar surface area (TPSA) is 69.6 Å². The summed E-state index contributed by atoms with van der Waals surface area (Å²) in [6, 6.07) is 11.5. The third-order valence-electron chi connectivity index (χ3n) is 4.06. The third-order valence-corrected chi connectivity index (χ3v) is 4.98. The minimum Gasteiger partial charge on any atom is -0.454 e. The molecule has 0 saturated carbocycles. The standard InChI is InChI=1S/C19H15FN2O4S/c20-14-3-1-2-13(6-14)9-22-10-17(27-19(22)24)18(23)21-8-12-4-5-15-16(7-12)26-11-25-15/h1-7,10H,8-9,11H2,(H,21,23). The van der Waals surface area contributed by atoms with Crippen LogP contribution in [0.15, 0.2) is 53.5 Å². The smallest absolute Gasteiger partial charge is 0.308 e. The van der Waals surface area contributed by atoms with Gasteiger partial charge in [-0.25, -0.2) is 4.39 Å². The zero-order valence-electron chi connectivity index (χ0n) is 14.1. The number of amides is 1. The van der Waals surface area contributed by atoms with Crippen molar-refractivity contribution < 1.29 is 18.7 Å². The van der Waals surface area contributed by atoms with Crippen LogP contribution in [-0.4, -0.2) is 17.3 Å². The SMILES string of the molecule is O=C(NCc1ccc2c(c1)OCO2)c1cn(Cc2cccc(F)c2)c(=O)s1. The highest BCUT2D eigenvalue weighted by molar-refractivity contribution is 7.11. The third kappa shape index (κ3) is 3.85. The zero-order valence-corrected chi connectivity index (χ0v) is 14.9. The number of ether oxygens (including phenoxy) is 2. The highest BCUT2D eigenvalue weighted by Crippen LogP contribution is 2.32. The van der Waals surface area contributed by atoms with Crippen molar-refractivity contribution in [2.75, 3.05) is 6.79 Å². The van der Waals surface area contributed by atoms with Crippen molar-refractivity contribution in [3.05, 3.63) is 80.2 Å². The number of hydrogen-bond donors (Lipinski definition) is 1. The second kappa shape index (κ2) is 7.24. The Labute approximate surface area is 157 Å². The van der Waals surface area contributed by atoms with Crippen molar-refractivity contribution in [3.63, 3.8) is 0 Å². The summed E-state index contributed by atoms with van der Waals surface area (Å²) in [5, 5.41) is 2.78. The molecular formula is C19H15FN2O4S. The van der Waals surface area contributed by atoms with Crippen molar-refractivity contribution in [1.82, 2.24) is 9.88 Å². The van der Waals surface area contributed by atoms with E-state index in [2.05, 4.69) is 5.32 Å². The zero-order chi connectivity index (χ0) is 18.8. The number of fused-ring (bicyclic) bond motifs is 1. The van der Waals surface area contributed by atoms with Crippen LogP contribution in [0.4, 0.5) is 4.39 Å². The van der Waals surface area contributed by atoms with E-state index < -0.39 is 0 Å². The lowest BCUT2D eigenvalue weighted by Crippen LogP contribution is -2.21. The largest absolute Gasteiger partial charge is 0.454 e. The molecule has 6 nitrogen and oxygen atoms in total. The first-order valence-corrected chi connectivity index (χ1v) is 9.01. The summed E-state index contributed by atoms with van der Waals surface area (Å²) in [6.45, 7) is 0.700. The van der Waals surface area contributed by atoms with Crippen molar-refractivity contribution >= 4 is 17.2 Å². The van der Waals surface area contributed by atoms with Crippen molar-refractivity contribution in [3.8, 4) is 11.5 Å². The first-order valence-electron chi connectivity index (χ1n) is 8.20. The molecular weight excluding hydrogens is 371 g/mol. The number of halogens is 1. The molecule has 8 heteroatoms. The molecule has 4 rings (SSSR count). The minimum atomic E-state index is -0.363. The van der Waals surface area contributed by atoms with E-state index in [4.69, 9.17) is 9.47 Å². The van der Waals surface area contributed by atoms with Gasteiger partial charge in [0.25, 0.3) is 5.91 Å². The number of carbonyl (C=O) groups is 1. The number of benzene rings is 2. The number of thiazole rings is 1. The molecule has 3 aromatic rings. The van der Waals surface area contributed by atoms with Gasteiger partial charge < -0.3 is 19.4 Å².